The van der Waals surface area contributed by atoms with Crippen LogP contribution in [0.3, 0.4) is 0 Å². The van der Waals surface area contributed by atoms with Crippen LogP contribution in [0.5, 0.6) is 0 Å². The standard InChI is InChI=1S/C18H17N3O5S2/c19-17(22)16-15(11-5-1-2-7-13(11)26-16)20-18(23)12-6-3-9-21(12)28(24,25)14-8-4-10-27-14/h1-2,4-5,7-8,10,12H,3,6,9H2,(H2,19,22)(H,20,23). The normalized spacial score (nSPS) is 17.8. The lowest BCUT2D eigenvalue weighted by molar-refractivity contribution is -0.119. The van der Waals surface area contributed by atoms with Gasteiger partial charge in [-0.2, -0.15) is 4.31 Å². The quantitative estimate of drug-likeness (QED) is 0.657. The van der Waals surface area contributed by atoms with E-state index in [1.54, 1.807) is 35.7 Å². The summed E-state index contributed by atoms with van der Waals surface area (Å²) in [6, 6.07) is 9.11. The smallest absolute Gasteiger partial charge is 0.286 e. The van der Waals surface area contributed by atoms with Gasteiger partial charge in [0, 0.05) is 11.9 Å². The summed E-state index contributed by atoms with van der Waals surface area (Å²) in [6.07, 6.45) is 0.954. The predicted octanol–water partition coefficient (Wildman–Crippen LogP) is 2.39. The molecule has 1 aliphatic rings. The molecule has 1 aromatic carbocycles. The number of nitrogens with zero attached hydrogens (tertiary/aromatic N) is 1. The van der Waals surface area contributed by atoms with E-state index in [1.165, 1.54) is 10.4 Å². The van der Waals surface area contributed by atoms with Gasteiger partial charge in [0.2, 0.25) is 11.7 Å². The fourth-order valence-corrected chi connectivity index (χ4v) is 6.14. The Morgan fingerprint density at radius 2 is 2.00 bits per heavy atom. The second kappa shape index (κ2) is 7.04. The number of furan rings is 1. The molecular weight excluding hydrogens is 402 g/mol. The molecule has 1 saturated heterocycles. The minimum absolute atomic E-state index is 0.161. The number of benzene rings is 1. The van der Waals surface area contributed by atoms with E-state index in [9.17, 15) is 18.0 Å². The molecule has 0 spiro atoms. The number of fused-ring (bicyclic) bond motifs is 1. The summed E-state index contributed by atoms with van der Waals surface area (Å²) in [5.41, 5.74) is 5.94. The van der Waals surface area contributed by atoms with Crippen molar-refractivity contribution in [2.24, 2.45) is 5.73 Å². The molecule has 0 radical (unpaired) electrons. The van der Waals surface area contributed by atoms with Crippen LogP contribution in [0.1, 0.15) is 23.4 Å². The molecule has 4 rings (SSSR count). The number of thiophene rings is 1. The molecule has 0 saturated carbocycles. The Kier molecular flexibility index (Phi) is 4.69. The van der Waals surface area contributed by atoms with Gasteiger partial charge in [-0.25, -0.2) is 8.42 Å². The maximum absolute atomic E-state index is 13.0. The van der Waals surface area contributed by atoms with Crippen LogP contribution in [0.2, 0.25) is 0 Å². The van der Waals surface area contributed by atoms with Gasteiger partial charge in [-0.1, -0.05) is 18.2 Å². The molecule has 2 amide bonds. The molecule has 0 aliphatic carbocycles. The van der Waals surface area contributed by atoms with Crippen LogP contribution in [0.4, 0.5) is 5.69 Å². The average Bonchev–Trinajstić information content (AvgIpc) is 3.41. The molecule has 1 aliphatic heterocycles. The Balaban J connectivity index is 1.66. The van der Waals surface area contributed by atoms with Crippen molar-refractivity contribution in [3.63, 3.8) is 0 Å². The molecule has 2 aromatic heterocycles. The highest BCUT2D eigenvalue weighted by molar-refractivity contribution is 7.91. The summed E-state index contributed by atoms with van der Waals surface area (Å²) < 4.78 is 32.6. The minimum Gasteiger partial charge on any atom is -0.449 e. The Bertz CT molecular complexity index is 1150. The second-order valence-electron chi connectivity index (χ2n) is 6.36. The molecule has 28 heavy (non-hydrogen) atoms. The lowest BCUT2D eigenvalue weighted by atomic mass is 10.2. The molecule has 0 bridgehead atoms. The number of sulfonamides is 1. The predicted molar refractivity (Wildman–Crippen MR) is 105 cm³/mol. The topological polar surface area (TPSA) is 123 Å². The van der Waals surface area contributed by atoms with Gasteiger partial charge in [-0.3, -0.25) is 9.59 Å². The molecule has 3 aromatic rings. The van der Waals surface area contributed by atoms with Crippen LogP contribution in [-0.4, -0.2) is 37.1 Å². The number of nitrogens with two attached hydrogens (primary N) is 1. The van der Waals surface area contributed by atoms with E-state index in [2.05, 4.69) is 5.32 Å². The molecular formula is C18H17N3O5S2. The van der Waals surface area contributed by atoms with Crippen LogP contribution in [-0.2, 0) is 14.8 Å². The number of primary amides is 1. The van der Waals surface area contributed by atoms with Crippen LogP contribution in [0.15, 0.2) is 50.4 Å². The lowest BCUT2D eigenvalue weighted by Gasteiger charge is -2.22. The van der Waals surface area contributed by atoms with Gasteiger partial charge in [0.05, 0.1) is 0 Å². The van der Waals surface area contributed by atoms with Crippen molar-refractivity contribution in [3.8, 4) is 0 Å². The third-order valence-electron chi connectivity index (χ3n) is 4.63. The van der Waals surface area contributed by atoms with Crippen LogP contribution in [0, 0.1) is 0 Å². The first-order valence-corrected chi connectivity index (χ1v) is 10.9. The Labute approximate surface area is 165 Å². The largest absolute Gasteiger partial charge is 0.449 e. The van der Waals surface area contributed by atoms with Crippen LogP contribution < -0.4 is 11.1 Å². The van der Waals surface area contributed by atoms with Gasteiger partial charge in [-0.05, 0) is 36.4 Å². The van der Waals surface area contributed by atoms with Crippen molar-refractivity contribution in [1.82, 2.24) is 4.31 Å². The van der Waals surface area contributed by atoms with Crippen molar-refractivity contribution in [1.29, 1.82) is 0 Å². The summed E-state index contributed by atoms with van der Waals surface area (Å²) in [7, 11) is -3.76. The van der Waals surface area contributed by atoms with E-state index >= 15 is 0 Å². The second-order valence-corrected chi connectivity index (χ2v) is 9.43. The number of amides is 2. The zero-order valence-electron chi connectivity index (χ0n) is 14.6. The maximum Gasteiger partial charge on any atom is 0.286 e. The molecule has 1 fully saturated rings. The number of para-hydroxylation sites is 1. The Morgan fingerprint density at radius 3 is 2.71 bits per heavy atom. The Morgan fingerprint density at radius 1 is 1.21 bits per heavy atom. The number of nitrogens with one attached hydrogen (secondary N) is 1. The highest BCUT2D eigenvalue weighted by atomic mass is 32.2. The summed E-state index contributed by atoms with van der Waals surface area (Å²) in [6.45, 7) is 0.257. The summed E-state index contributed by atoms with van der Waals surface area (Å²) in [5, 5.41) is 4.87. The van der Waals surface area contributed by atoms with Crippen molar-refractivity contribution in [2.75, 3.05) is 11.9 Å². The number of carbonyl (C=O) groups is 2. The molecule has 10 heteroatoms. The Hall–Kier alpha value is -2.69. The number of anilines is 1. The van der Waals surface area contributed by atoms with E-state index in [4.69, 9.17) is 10.2 Å². The van der Waals surface area contributed by atoms with E-state index in [0.29, 0.717) is 23.8 Å². The van der Waals surface area contributed by atoms with Gasteiger partial charge in [-0.15, -0.1) is 11.3 Å². The lowest BCUT2D eigenvalue weighted by Crippen LogP contribution is -2.43. The zero-order valence-corrected chi connectivity index (χ0v) is 16.3. The van der Waals surface area contributed by atoms with E-state index in [1.807, 2.05) is 0 Å². The van der Waals surface area contributed by atoms with Gasteiger partial charge in [0.1, 0.15) is 21.5 Å². The number of hydrogen-bond acceptors (Lipinski definition) is 6. The highest BCUT2D eigenvalue weighted by Gasteiger charge is 2.40. The van der Waals surface area contributed by atoms with Crippen LogP contribution in [0.25, 0.3) is 11.0 Å². The molecule has 3 heterocycles. The van der Waals surface area contributed by atoms with Gasteiger partial charge in [0.25, 0.3) is 15.9 Å². The fourth-order valence-electron chi connectivity index (χ4n) is 3.37. The molecule has 1 unspecified atom stereocenters. The minimum atomic E-state index is -3.76. The van der Waals surface area contributed by atoms with Crippen molar-refractivity contribution >= 4 is 49.8 Å². The van der Waals surface area contributed by atoms with Crippen molar-refractivity contribution in [2.45, 2.75) is 23.1 Å². The number of rotatable bonds is 5. The van der Waals surface area contributed by atoms with E-state index < -0.39 is 27.9 Å². The fraction of sp³-hybridized carbons (Fsp3) is 0.222. The van der Waals surface area contributed by atoms with E-state index in [-0.39, 0.29) is 22.2 Å². The zero-order chi connectivity index (χ0) is 19.9. The first-order valence-electron chi connectivity index (χ1n) is 8.57. The molecule has 1 atom stereocenters. The molecule has 8 nitrogen and oxygen atoms in total. The summed E-state index contributed by atoms with van der Waals surface area (Å²) in [4.78, 5) is 24.7. The van der Waals surface area contributed by atoms with Crippen molar-refractivity contribution in [3.05, 3.63) is 47.5 Å². The maximum atomic E-state index is 13.0. The van der Waals surface area contributed by atoms with Crippen molar-refractivity contribution < 1.29 is 22.4 Å². The molecule has 3 N–H and O–H groups in total. The number of hydrogen-bond donors (Lipinski definition) is 2. The third-order valence-corrected chi connectivity index (χ3v) is 7.91. The molecule has 146 valence electrons. The third kappa shape index (κ3) is 3.09. The first kappa shape index (κ1) is 18.7. The van der Waals surface area contributed by atoms with E-state index in [0.717, 1.165) is 11.3 Å². The van der Waals surface area contributed by atoms with Gasteiger partial charge < -0.3 is 15.5 Å². The SMILES string of the molecule is NC(=O)c1oc2ccccc2c1NC(=O)C1CCCN1S(=O)(=O)c1cccs1. The monoisotopic (exact) mass is 419 g/mol. The summed E-state index contributed by atoms with van der Waals surface area (Å²) >= 11 is 1.11. The van der Waals surface area contributed by atoms with Crippen LogP contribution >= 0.6 is 11.3 Å². The highest BCUT2D eigenvalue weighted by Crippen LogP contribution is 2.33. The average molecular weight is 419 g/mol. The first-order chi connectivity index (χ1) is 13.4. The summed E-state index contributed by atoms with van der Waals surface area (Å²) in [5.74, 6) is -1.51. The van der Waals surface area contributed by atoms with Gasteiger partial charge in [0.15, 0.2) is 0 Å². The number of carbonyl (C=O) groups excluding carboxylic acids is 2. The van der Waals surface area contributed by atoms with Gasteiger partial charge >= 0.3 is 0 Å².